The number of amides is 1. The van der Waals surface area contributed by atoms with Crippen LogP contribution in [-0.4, -0.2) is 16.6 Å². The van der Waals surface area contributed by atoms with Crippen LogP contribution >= 0.6 is 11.6 Å². The number of halogens is 1. The van der Waals surface area contributed by atoms with Crippen LogP contribution in [0.2, 0.25) is 5.15 Å². The summed E-state index contributed by atoms with van der Waals surface area (Å²) in [7, 11) is 0. The van der Waals surface area contributed by atoms with E-state index >= 15 is 0 Å². The van der Waals surface area contributed by atoms with Crippen molar-refractivity contribution in [2.24, 2.45) is 5.16 Å². The highest BCUT2D eigenvalue weighted by Gasteiger charge is 2.36. The Morgan fingerprint density at radius 2 is 1.81 bits per heavy atom. The van der Waals surface area contributed by atoms with Crippen molar-refractivity contribution in [2.45, 2.75) is 25.5 Å². The van der Waals surface area contributed by atoms with Gasteiger partial charge in [-0.05, 0) is 59.5 Å². The Labute approximate surface area is 220 Å². The van der Waals surface area contributed by atoms with Gasteiger partial charge in [0.25, 0.3) is 5.91 Å². The smallest absolute Gasteiger partial charge is 0.251 e. The second kappa shape index (κ2) is 10.3. The largest absolute Gasteiger partial charge is 0.384 e. The fourth-order valence-corrected chi connectivity index (χ4v) is 4.46. The molecule has 0 radical (unpaired) electrons. The molecule has 0 aliphatic carbocycles. The van der Waals surface area contributed by atoms with Crippen LogP contribution in [0.25, 0.3) is 11.1 Å². The number of hydrogen-bond donors (Lipinski definition) is 1. The van der Waals surface area contributed by atoms with E-state index in [0.29, 0.717) is 29.2 Å². The van der Waals surface area contributed by atoms with Crippen LogP contribution in [0.1, 0.15) is 46.0 Å². The van der Waals surface area contributed by atoms with Gasteiger partial charge in [-0.25, -0.2) is 4.98 Å². The zero-order valence-electron chi connectivity index (χ0n) is 20.1. The van der Waals surface area contributed by atoms with Gasteiger partial charge in [0.1, 0.15) is 5.15 Å². The van der Waals surface area contributed by atoms with Crippen LogP contribution in [-0.2, 0) is 17.0 Å². The van der Waals surface area contributed by atoms with Crippen LogP contribution in [0.3, 0.4) is 0 Å². The first-order valence-corrected chi connectivity index (χ1v) is 12.2. The summed E-state index contributed by atoms with van der Waals surface area (Å²) in [4.78, 5) is 23.2. The molecule has 6 nitrogen and oxygen atoms in total. The number of nitriles is 1. The molecule has 37 heavy (non-hydrogen) atoms. The number of nitrogens with one attached hydrogen (secondary N) is 1. The van der Waals surface area contributed by atoms with E-state index in [1.54, 1.807) is 24.4 Å². The quantitative estimate of drug-likeness (QED) is 0.313. The van der Waals surface area contributed by atoms with E-state index in [0.717, 1.165) is 33.5 Å². The second-order valence-electron chi connectivity index (χ2n) is 9.03. The number of benzene rings is 3. The molecule has 0 saturated carbocycles. The van der Waals surface area contributed by atoms with E-state index in [9.17, 15) is 10.1 Å². The summed E-state index contributed by atoms with van der Waals surface area (Å²) >= 11 is 5.87. The highest BCUT2D eigenvalue weighted by molar-refractivity contribution is 6.29. The lowest BCUT2D eigenvalue weighted by Crippen LogP contribution is -2.24. The normalized spacial score (nSPS) is 16.4. The zero-order chi connectivity index (χ0) is 25.8. The van der Waals surface area contributed by atoms with E-state index < -0.39 is 5.60 Å². The van der Waals surface area contributed by atoms with Crippen molar-refractivity contribution < 1.29 is 9.63 Å². The Bertz CT molecular complexity index is 1530. The van der Waals surface area contributed by atoms with Crippen LogP contribution in [0.4, 0.5) is 0 Å². The molecule has 5 rings (SSSR count). The molecule has 0 bridgehead atoms. The zero-order valence-corrected chi connectivity index (χ0v) is 20.9. The van der Waals surface area contributed by atoms with E-state index in [2.05, 4.69) is 21.5 Å². The van der Waals surface area contributed by atoms with Gasteiger partial charge in [-0.1, -0.05) is 71.4 Å². The molecule has 4 aromatic rings. The summed E-state index contributed by atoms with van der Waals surface area (Å²) in [6.07, 6.45) is 2.17. The van der Waals surface area contributed by atoms with Gasteiger partial charge in [0.05, 0.1) is 17.3 Å². The number of aromatic nitrogens is 1. The molecule has 0 saturated heterocycles. The lowest BCUT2D eigenvalue weighted by atomic mass is 9.87. The minimum atomic E-state index is -0.610. The molecule has 1 aliphatic heterocycles. The minimum Gasteiger partial charge on any atom is -0.384 e. The first kappa shape index (κ1) is 24.2. The number of nitrogens with zero attached hydrogens (tertiary/aromatic N) is 3. The van der Waals surface area contributed by atoms with E-state index in [-0.39, 0.29) is 5.91 Å². The summed E-state index contributed by atoms with van der Waals surface area (Å²) in [5, 5.41) is 17.4. The molecule has 1 unspecified atom stereocenters. The maximum Gasteiger partial charge on any atom is 0.251 e. The van der Waals surface area contributed by atoms with Gasteiger partial charge in [0.2, 0.25) is 0 Å². The highest BCUT2D eigenvalue weighted by Crippen LogP contribution is 2.37. The number of carbonyl (C=O) groups excluding carboxylic acids is 1. The monoisotopic (exact) mass is 506 g/mol. The number of pyridine rings is 1. The van der Waals surface area contributed by atoms with E-state index in [1.807, 2.05) is 73.7 Å². The van der Waals surface area contributed by atoms with Gasteiger partial charge in [0.15, 0.2) is 5.60 Å². The molecular weight excluding hydrogens is 484 g/mol. The Hall–Kier alpha value is -4.47. The van der Waals surface area contributed by atoms with Crippen molar-refractivity contribution in [3.05, 3.63) is 124 Å². The lowest BCUT2D eigenvalue weighted by molar-refractivity contribution is -0.00738. The summed E-state index contributed by atoms with van der Waals surface area (Å²) < 4.78 is 0. The standard InChI is InChI=1S/C30H23ClN4O2/c1-30(25-8-3-2-4-9-25)16-27(35-37-30)23-13-22(26-10-6-5-7-21(26)17-32)14-24(15-23)29(36)34-19-20-11-12-28(31)33-18-20/h2-15,18H,16,19H2,1H3,(H,34,36). The van der Waals surface area contributed by atoms with Crippen LogP contribution in [0.15, 0.2) is 96.3 Å². The van der Waals surface area contributed by atoms with Gasteiger partial charge < -0.3 is 10.2 Å². The molecule has 1 N–H and O–H groups in total. The van der Waals surface area contributed by atoms with E-state index in [1.165, 1.54) is 0 Å². The fourth-order valence-electron chi connectivity index (χ4n) is 4.35. The van der Waals surface area contributed by atoms with Crippen molar-refractivity contribution in [1.29, 1.82) is 5.26 Å². The molecule has 1 aromatic heterocycles. The van der Waals surface area contributed by atoms with Crippen LogP contribution < -0.4 is 5.32 Å². The van der Waals surface area contributed by atoms with Crippen molar-refractivity contribution >= 4 is 23.2 Å². The van der Waals surface area contributed by atoms with Crippen molar-refractivity contribution in [2.75, 3.05) is 0 Å². The van der Waals surface area contributed by atoms with Crippen LogP contribution in [0, 0.1) is 11.3 Å². The predicted octanol–water partition coefficient (Wildman–Crippen LogP) is 6.24. The summed E-state index contributed by atoms with van der Waals surface area (Å²) in [6, 6.07) is 28.6. The average molecular weight is 507 g/mol. The summed E-state index contributed by atoms with van der Waals surface area (Å²) in [6.45, 7) is 2.30. The van der Waals surface area contributed by atoms with Crippen LogP contribution in [0.5, 0.6) is 0 Å². The Balaban J connectivity index is 1.49. The summed E-state index contributed by atoms with van der Waals surface area (Å²) in [5.74, 6) is -0.252. The Morgan fingerprint density at radius 3 is 2.57 bits per heavy atom. The van der Waals surface area contributed by atoms with Gasteiger partial charge in [0, 0.05) is 30.3 Å². The topological polar surface area (TPSA) is 87.4 Å². The maximum absolute atomic E-state index is 13.2. The minimum absolute atomic E-state index is 0.252. The molecule has 1 amide bonds. The molecule has 7 heteroatoms. The van der Waals surface area contributed by atoms with Gasteiger partial charge in [-0.15, -0.1) is 0 Å². The Kier molecular flexibility index (Phi) is 6.72. The predicted molar refractivity (Wildman–Crippen MR) is 143 cm³/mol. The third-order valence-corrected chi connectivity index (χ3v) is 6.60. The Morgan fingerprint density at radius 1 is 1.05 bits per heavy atom. The number of rotatable bonds is 6. The van der Waals surface area contributed by atoms with Crippen molar-refractivity contribution in [3.8, 4) is 17.2 Å². The highest BCUT2D eigenvalue weighted by atomic mass is 35.5. The first-order chi connectivity index (χ1) is 17.9. The second-order valence-corrected chi connectivity index (χ2v) is 9.42. The number of oxime groups is 1. The number of hydrogen-bond acceptors (Lipinski definition) is 5. The van der Waals surface area contributed by atoms with Crippen molar-refractivity contribution in [1.82, 2.24) is 10.3 Å². The molecule has 0 fully saturated rings. The van der Waals surface area contributed by atoms with Gasteiger partial charge in [-0.3, -0.25) is 4.79 Å². The average Bonchev–Trinajstić information content (AvgIpc) is 3.36. The third kappa shape index (κ3) is 5.23. The SMILES string of the molecule is CC1(c2ccccc2)CC(c2cc(C(=O)NCc3ccc(Cl)nc3)cc(-c3ccccc3C#N)c2)=NO1. The summed E-state index contributed by atoms with van der Waals surface area (Å²) in [5.41, 5.74) is 5.22. The van der Waals surface area contributed by atoms with Gasteiger partial charge in [-0.2, -0.15) is 5.26 Å². The third-order valence-electron chi connectivity index (χ3n) is 6.38. The first-order valence-electron chi connectivity index (χ1n) is 11.8. The maximum atomic E-state index is 13.2. The lowest BCUT2D eigenvalue weighted by Gasteiger charge is -2.21. The number of carbonyl (C=O) groups is 1. The van der Waals surface area contributed by atoms with E-state index in [4.69, 9.17) is 16.4 Å². The molecule has 1 atom stereocenters. The molecule has 2 heterocycles. The van der Waals surface area contributed by atoms with Gasteiger partial charge >= 0.3 is 0 Å². The van der Waals surface area contributed by atoms with Crippen molar-refractivity contribution in [3.63, 3.8) is 0 Å². The fraction of sp³-hybridized carbons (Fsp3) is 0.133. The molecule has 0 spiro atoms. The molecular formula is C30H23ClN4O2. The molecule has 1 aliphatic rings. The molecule has 182 valence electrons. The molecule has 3 aromatic carbocycles.